The van der Waals surface area contributed by atoms with Gasteiger partial charge in [-0.2, -0.15) is 0 Å². The lowest BCUT2D eigenvalue weighted by atomic mass is 9.77. The second-order valence-electron chi connectivity index (χ2n) is 8.79. The zero-order chi connectivity index (χ0) is 22.0. The standard InChI is InChI=1S/C23H20Cl2N2O2S3/c24-14-6-5-13(9-15(14)25)26-17(28)10-27-22-21(32-23(27)29)19(16-2-1-7-30-16)18-11-3-4-12(8-11)20(18)31-22/h1-2,5-7,9,11-12,18-20H,3-4,8,10H2,(H,26,28)/t11?,12?,18?,19-,20?/m1/s1. The highest BCUT2D eigenvalue weighted by molar-refractivity contribution is 8.00. The fraction of sp³-hybridized carbons (Fsp3) is 0.391. The number of rotatable bonds is 4. The monoisotopic (exact) mass is 522 g/mol. The van der Waals surface area contributed by atoms with Crippen molar-refractivity contribution in [2.75, 3.05) is 5.32 Å². The second kappa shape index (κ2) is 8.20. The topological polar surface area (TPSA) is 51.1 Å². The average molecular weight is 524 g/mol. The number of hydrogen-bond acceptors (Lipinski definition) is 5. The molecule has 3 heterocycles. The van der Waals surface area contributed by atoms with Crippen molar-refractivity contribution >= 4 is 69.2 Å². The normalized spacial score (nSPS) is 27.9. The third-order valence-corrected chi connectivity index (χ3v) is 11.6. The zero-order valence-corrected chi connectivity index (χ0v) is 20.9. The molecule has 2 aliphatic carbocycles. The van der Waals surface area contributed by atoms with Gasteiger partial charge in [-0.1, -0.05) is 40.6 Å². The number of hydrogen-bond donors (Lipinski definition) is 1. The summed E-state index contributed by atoms with van der Waals surface area (Å²) in [6, 6.07) is 9.29. The molecule has 9 heteroatoms. The number of aromatic nitrogens is 1. The van der Waals surface area contributed by atoms with Gasteiger partial charge in [0.25, 0.3) is 0 Å². The van der Waals surface area contributed by atoms with Crippen LogP contribution >= 0.6 is 57.6 Å². The number of amides is 1. The van der Waals surface area contributed by atoms with Gasteiger partial charge in [0.2, 0.25) is 5.91 Å². The number of nitrogens with one attached hydrogen (secondary N) is 1. The molecule has 1 aromatic carbocycles. The average Bonchev–Trinajstić information content (AvgIpc) is 3.55. The molecule has 2 bridgehead atoms. The van der Waals surface area contributed by atoms with E-state index in [0.29, 0.717) is 26.9 Å². The Balaban J connectivity index is 1.33. The fourth-order valence-corrected chi connectivity index (χ4v) is 10.2. The first-order valence-corrected chi connectivity index (χ1v) is 14.0. The van der Waals surface area contributed by atoms with Crippen molar-refractivity contribution in [3.8, 4) is 0 Å². The summed E-state index contributed by atoms with van der Waals surface area (Å²) in [4.78, 5) is 28.3. The summed E-state index contributed by atoms with van der Waals surface area (Å²) < 4.78 is 1.68. The summed E-state index contributed by atoms with van der Waals surface area (Å²) in [6.07, 6.45) is 3.91. The Labute approximate surface area is 207 Å². The molecular weight excluding hydrogens is 503 g/mol. The lowest BCUT2D eigenvalue weighted by Gasteiger charge is -2.40. The highest BCUT2D eigenvalue weighted by Gasteiger charge is 2.55. The summed E-state index contributed by atoms with van der Waals surface area (Å²) >= 11 is 17.0. The number of carbonyl (C=O) groups is 1. The van der Waals surface area contributed by atoms with Crippen LogP contribution in [0.5, 0.6) is 0 Å². The molecule has 0 saturated heterocycles. The predicted octanol–water partition coefficient (Wildman–Crippen LogP) is 6.57. The third kappa shape index (κ3) is 3.48. The molecule has 2 aromatic heterocycles. The lowest BCUT2D eigenvalue weighted by molar-refractivity contribution is -0.116. The Morgan fingerprint density at radius 1 is 1.16 bits per heavy atom. The fourth-order valence-electron chi connectivity index (χ4n) is 5.79. The minimum Gasteiger partial charge on any atom is -0.324 e. The summed E-state index contributed by atoms with van der Waals surface area (Å²) in [7, 11) is 0. The molecule has 0 radical (unpaired) electrons. The predicted molar refractivity (Wildman–Crippen MR) is 134 cm³/mol. The largest absolute Gasteiger partial charge is 0.324 e. The van der Waals surface area contributed by atoms with E-state index in [2.05, 4.69) is 22.8 Å². The summed E-state index contributed by atoms with van der Waals surface area (Å²) in [5.41, 5.74) is 0.568. The van der Waals surface area contributed by atoms with Gasteiger partial charge in [0.1, 0.15) is 6.54 Å². The molecule has 1 aliphatic heterocycles. The quantitative estimate of drug-likeness (QED) is 0.421. The number of halogens is 2. The van der Waals surface area contributed by atoms with Crippen LogP contribution in [0.3, 0.4) is 0 Å². The van der Waals surface area contributed by atoms with E-state index in [9.17, 15) is 9.59 Å². The minimum atomic E-state index is -0.241. The molecule has 6 rings (SSSR count). The summed E-state index contributed by atoms with van der Waals surface area (Å²) in [5, 5.41) is 7.32. The van der Waals surface area contributed by atoms with Crippen molar-refractivity contribution in [2.24, 2.45) is 17.8 Å². The van der Waals surface area contributed by atoms with Gasteiger partial charge in [0, 0.05) is 26.6 Å². The van der Waals surface area contributed by atoms with Gasteiger partial charge in [0.05, 0.1) is 15.1 Å². The number of carbonyl (C=O) groups excluding carboxylic acids is 1. The van der Waals surface area contributed by atoms with E-state index in [4.69, 9.17) is 23.2 Å². The number of nitrogens with zero attached hydrogens (tertiary/aromatic N) is 1. The van der Waals surface area contributed by atoms with Crippen molar-refractivity contribution in [3.63, 3.8) is 0 Å². The van der Waals surface area contributed by atoms with Crippen LogP contribution in [0.4, 0.5) is 5.69 Å². The molecule has 3 aliphatic rings. The van der Waals surface area contributed by atoms with Crippen LogP contribution in [-0.4, -0.2) is 15.7 Å². The Hall–Kier alpha value is -1.25. The maximum absolute atomic E-state index is 13.1. The van der Waals surface area contributed by atoms with Crippen LogP contribution in [-0.2, 0) is 11.3 Å². The van der Waals surface area contributed by atoms with Crippen molar-refractivity contribution in [1.82, 2.24) is 4.57 Å². The van der Waals surface area contributed by atoms with E-state index in [1.807, 2.05) is 11.8 Å². The van der Waals surface area contributed by atoms with Gasteiger partial charge in [0.15, 0.2) is 0 Å². The Kier molecular flexibility index (Phi) is 5.46. The van der Waals surface area contributed by atoms with Gasteiger partial charge in [-0.15, -0.1) is 23.1 Å². The van der Waals surface area contributed by atoms with Crippen LogP contribution < -0.4 is 10.2 Å². The van der Waals surface area contributed by atoms with Crippen LogP contribution in [0, 0.1) is 17.8 Å². The van der Waals surface area contributed by atoms with Crippen molar-refractivity contribution < 1.29 is 4.79 Å². The first kappa shape index (κ1) is 21.3. The summed E-state index contributed by atoms with van der Waals surface area (Å²) in [6.45, 7) is 0.000550. The lowest BCUT2D eigenvalue weighted by Crippen LogP contribution is -2.34. The SMILES string of the molecule is O=C(Cn1c2c(sc1=O)[C@H](c1cccs1)C1C3CCC(C3)C1S2)Nc1ccc(Cl)c(Cl)c1. The van der Waals surface area contributed by atoms with Crippen LogP contribution in [0.1, 0.15) is 34.9 Å². The van der Waals surface area contributed by atoms with E-state index >= 15 is 0 Å². The molecule has 4 nitrogen and oxygen atoms in total. The molecular formula is C23H20Cl2N2O2S3. The number of thiophene rings is 1. The van der Waals surface area contributed by atoms with Crippen LogP contribution in [0.15, 0.2) is 45.5 Å². The van der Waals surface area contributed by atoms with Crippen molar-refractivity contribution in [2.45, 2.75) is 42.0 Å². The first-order valence-electron chi connectivity index (χ1n) is 10.7. The number of benzene rings is 1. The van der Waals surface area contributed by atoms with E-state index in [-0.39, 0.29) is 23.2 Å². The van der Waals surface area contributed by atoms with Crippen molar-refractivity contribution in [1.29, 1.82) is 0 Å². The highest BCUT2D eigenvalue weighted by Crippen LogP contribution is 2.64. The Bertz CT molecular complexity index is 1250. The van der Waals surface area contributed by atoms with Gasteiger partial charge >= 0.3 is 4.87 Å². The number of fused-ring (bicyclic) bond motifs is 6. The maximum Gasteiger partial charge on any atom is 0.308 e. The molecule has 2 fully saturated rings. The molecule has 3 aromatic rings. The van der Waals surface area contributed by atoms with Crippen molar-refractivity contribution in [3.05, 3.63) is 65.2 Å². The number of thiazole rings is 1. The van der Waals surface area contributed by atoms with Gasteiger partial charge < -0.3 is 5.32 Å². The van der Waals surface area contributed by atoms with Crippen LogP contribution in [0.25, 0.3) is 0 Å². The molecule has 5 atom stereocenters. The first-order chi connectivity index (χ1) is 15.5. The van der Waals surface area contributed by atoms with Gasteiger partial charge in [-0.3, -0.25) is 14.2 Å². The van der Waals surface area contributed by atoms with Gasteiger partial charge in [-0.05, 0) is 66.7 Å². The maximum atomic E-state index is 13.1. The third-order valence-electron chi connectivity index (χ3n) is 7.05. The molecule has 0 spiro atoms. The molecule has 166 valence electrons. The Morgan fingerprint density at radius 2 is 2.00 bits per heavy atom. The number of thioether (sulfide) groups is 1. The van der Waals surface area contributed by atoms with Gasteiger partial charge in [-0.25, -0.2) is 0 Å². The molecule has 2 saturated carbocycles. The number of anilines is 1. The van der Waals surface area contributed by atoms with E-state index in [0.717, 1.165) is 21.7 Å². The molecule has 1 amide bonds. The molecule has 4 unspecified atom stereocenters. The van der Waals surface area contributed by atoms with E-state index in [1.165, 1.54) is 35.5 Å². The highest BCUT2D eigenvalue weighted by atomic mass is 35.5. The summed E-state index contributed by atoms with van der Waals surface area (Å²) in [5.74, 6) is 2.11. The molecule has 1 N–H and O–H groups in total. The minimum absolute atomic E-state index is 0.000550. The zero-order valence-electron chi connectivity index (χ0n) is 16.9. The van der Waals surface area contributed by atoms with E-state index < -0.39 is 0 Å². The second-order valence-corrected chi connectivity index (χ2v) is 12.7. The van der Waals surface area contributed by atoms with E-state index in [1.54, 1.807) is 34.1 Å². The smallest absolute Gasteiger partial charge is 0.308 e. The van der Waals surface area contributed by atoms with Crippen LogP contribution in [0.2, 0.25) is 10.0 Å². The Morgan fingerprint density at radius 3 is 2.78 bits per heavy atom. The molecule has 32 heavy (non-hydrogen) atoms.